The van der Waals surface area contributed by atoms with Crippen LogP contribution >= 0.6 is 0 Å². The maximum Gasteiger partial charge on any atom is 0.253 e. The molecule has 2 aromatic heterocycles. The molecule has 0 bridgehead atoms. The molecule has 2 fully saturated rings. The number of methoxy groups -OCH3 is 1. The maximum atomic E-state index is 13.4. The van der Waals surface area contributed by atoms with Crippen molar-refractivity contribution >= 4 is 10.9 Å². The van der Waals surface area contributed by atoms with Crippen molar-refractivity contribution in [3.05, 3.63) is 46.0 Å². The van der Waals surface area contributed by atoms with E-state index in [1.807, 2.05) is 28.9 Å². The number of fused-ring (bicyclic) bond motifs is 1. The molecule has 0 saturated heterocycles. The van der Waals surface area contributed by atoms with Crippen LogP contribution in [0, 0.1) is 0 Å². The van der Waals surface area contributed by atoms with Gasteiger partial charge in [0.15, 0.2) is 5.82 Å². The Morgan fingerprint density at radius 2 is 1.79 bits per heavy atom. The van der Waals surface area contributed by atoms with Crippen molar-refractivity contribution in [1.82, 2.24) is 30.1 Å². The van der Waals surface area contributed by atoms with Crippen molar-refractivity contribution in [2.45, 2.75) is 82.3 Å². The first-order chi connectivity index (χ1) is 16.2. The van der Waals surface area contributed by atoms with Crippen molar-refractivity contribution in [1.29, 1.82) is 0 Å². The van der Waals surface area contributed by atoms with E-state index in [0.29, 0.717) is 17.6 Å². The molecule has 0 radical (unpaired) electrons. The number of aromatic amines is 1. The Bertz CT molecular complexity index is 1140. The zero-order valence-electron chi connectivity index (χ0n) is 19.7. The lowest BCUT2D eigenvalue weighted by atomic mass is 9.91. The predicted octanol–water partition coefficient (Wildman–Crippen LogP) is 4.38. The third-order valence-corrected chi connectivity index (χ3v) is 7.62. The number of benzene rings is 1. The lowest BCUT2D eigenvalue weighted by molar-refractivity contribution is 0.145. The van der Waals surface area contributed by atoms with E-state index in [1.54, 1.807) is 7.11 Å². The van der Waals surface area contributed by atoms with Crippen LogP contribution in [0.3, 0.4) is 0 Å². The summed E-state index contributed by atoms with van der Waals surface area (Å²) >= 11 is 0. The van der Waals surface area contributed by atoms with Crippen LogP contribution < -0.4 is 10.3 Å². The highest BCUT2D eigenvalue weighted by molar-refractivity contribution is 5.80. The van der Waals surface area contributed by atoms with Gasteiger partial charge >= 0.3 is 0 Å². The highest BCUT2D eigenvalue weighted by atomic mass is 16.5. The Morgan fingerprint density at radius 1 is 1.06 bits per heavy atom. The van der Waals surface area contributed by atoms with E-state index in [0.717, 1.165) is 48.2 Å². The molecule has 0 unspecified atom stereocenters. The van der Waals surface area contributed by atoms with Gasteiger partial charge in [0.05, 0.1) is 13.2 Å². The van der Waals surface area contributed by atoms with Gasteiger partial charge in [-0.2, -0.15) is 0 Å². The fourth-order valence-corrected chi connectivity index (χ4v) is 5.74. The zero-order valence-corrected chi connectivity index (χ0v) is 19.7. The first-order valence-corrected chi connectivity index (χ1v) is 12.4. The molecule has 2 aliphatic carbocycles. The first kappa shape index (κ1) is 22.1. The number of aromatic nitrogens is 5. The third kappa shape index (κ3) is 4.40. The van der Waals surface area contributed by atoms with E-state index in [-0.39, 0.29) is 11.6 Å². The van der Waals surface area contributed by atoms with E-state index in [4.69, 9.17) is 4.74 Å². The fourth-order valence-electron chi connectivity index (χ4n) is 5.74. The Balaban J connectivity index is 1.63. The Labute approximate surface area is 194 Å². The summed E-state index contributed by atoms with van der Waals surface area (Å²) in [6.45, 7) is 0. The number of hydrogen-bond donors (Lipinski definition) is 1. The van der Waals surface area contributed by atoms with Gasteiger partial charge in [0, 0.05) is 22.5 Å². The van der Waals surface area contributed by atoms with Crippen LogP contribution in [0.2, 0.25) is 0 Å². The monoisotopic (exact) mass is 450 g/mol. The lowest BCUT2D eigenvalue weighted by Crippen LogP contribution is -2.40. The number of hydrogen-bond acceptors (Lipinski definition) is 6. The molecule has 8 heteroatoms. The van der Waals surface area contributed by atoms with Gasteiger partial charge in [-0.05, 0) is 67.4 Å². The quantitative estimate of drug-likeness (QED) is 0.599. The number of nitrogens with one attached hydrogen (secondary N) is 1. The van der Waals surface area contributed by atoms with Crippen molar-refractivity contribution in [2.75, 3.05) is 14.2 Å². The average Bonchev–Trinajstić information content (AvgIpc) is 3.34. The number of rotatable bonds is 6. The number of nitrogens with zero attached hydrogens (tertiary/aromatic N) is 5. The molecule has 176 valence electrons. The third-order valence-electron chi connectivity index (χ3n) is 7.62. The molecule has 3 aromatic rings. The average molecular weight is 451 g/mol. The van der Waals surface area contributed by atoms with Crippen molar-refractivity contribution in [2.24, 2.45) is 0 Å². The summed E-state index contributed by atoms with van der Waals surface area (Å²) in [6.07, 6.45) is 11.8. The van der Waals surface area contributed by atoms with Crippen molar-refractivity contribution in [3.8, 4) is 5.75 Å². The zero-order chi connectivity index (χ0) is 22.8. The van der Waals surface area contributed by atoms with E-state index >= 15 is 0 Å². The van der Waals surface area contributed by atoms with Gasteiger partial charge in [-0.3, -0.25) is 9.69 Å². The summed E-state index contributed by atoms with van der Waals surface area (Å²) in [7, 11) is 3.79. The molecular weight excluding hydrogens is 416 g/mol. The highest BCUT2D eigenvalue weighted by Crippen LogP contribution is 2.35. The van der Waals surface area contributed by atoms with Gasteiger partial charge in [-0.25, -0.2) is 4.68 Å². The van der Waals surface area contributed by atoms with Crippen LogP contribution in [-0.4, -0.2) is 50.3 Å². The molecule has 0 aliphatic heterocycles. The smallest absolute Gasteiger partial charge is 0.253 e. The van der Waals surface area contributed by atoms with Crippen molar-refractivity contribution in [3.63, 3.8) is 0 Å². The van der Waals surface area contributed by atoms with Crippen LogP contribution in [0.1, 0.15) is 87.7 Å². The molecule has 2 saturated carbocycles. The van der Waals surface area contributed by atoms with Gasteiger partial charge in [-0.15, -0.1) is 5.10 Å². The molecule has 1 N–H and O–H groups in total. The summed E-state index contributed by atoms with van der Waals surface area (Å²) in [6, 6.07) is 8.13. The molecule has 2 aliphatic rings. The normalized spacial score (nSPS) is 19.2. The number of ether oxygens (including phenoxy) is 1. The van der Waals surface area contributed by atoms with E-state index < -0.39 is 0 Å². The maximum absolute atomic E-state index is 13.4. The minimum absolute atomic E-state index is 0.0847. The van der Waals surface area contributed by atoms with Gasteiger partial charge in [-0.1, -0.05) is 38.5 Å². The molecule has 33 heavy (non-hydrogen) atoms. The van der Waals surface area contributed by atoms with Gasteiger partial charge in [0.1, 0.15) is 11.8 Å². The van der Waals surface area contributed by atoms with E-state index in [1.165, 1.54) is 38.5 Å². The summed E-state index contributed by atoms with van der Waals surface area (Å²) < 4.78 is 7.44. The largest absolute Gasteiger partial charge is 0.497 e. The van der Waals surface area contributed by atoms with Crippen LogP contribution in [0.15, 0.2) is 29.1 Å². The Morgan fingerprint density at radius 3 is 2.52 bits per heavy atom. The molecule has 2 heterocycles. The summed E-state index contributed by atoms with van der Waals surface area (Å²) in [5.74, 6) is 1.55. The topological polar surface area (TPSA) is 88.9 Å². The standard InChI is InChI=1S/C25H34N6O2/c1-30(18-9-5-3-6-10-18)23(24-27-28-29-31(24)19-11-7-4-8-12-19)21-16-17-15-20(33-2)13-14-22(17)26-25(21)32/h13-16,18-19,23H,3-12H2,1-2H3,(H,26,32)/t23-/m1/s1. The van der Waals surface area contributed by atoms with Gasteiger partial charge < -0.3 is 9.72 Å². The van der Waals surface area contributed by atoms with Crippen LogP contribution in [0.25, 0.3) is 10.9 Å². The minimum Gasteiger partial charge on any atom is -0.497 e. The lowest BCUT2D eigenvalue weighted by Gasteiger charge is -2.37. The number of tetrazole rings is 1. The molecule has 8 nitrogen and oxygen atoms in total. The van der Waals surface area contributed by atoms with Crippen LogP contribution in [-0.2, 0) is 0 Å². The molecule has 1 atom stereocenters. The predicted molar refractivity (Wildman–Crippen MR) is 128 cm³/mol. The molecular formula is C25H34N6O2. The van der Waals surface area contributed by atoms with Crippen molar-refractivity contribution < 1.29 is 4.74 Å². The minimum atomic E-state index is -0.302. The van der Waals surface area contributed by atoms with Crippen LogP contribution in [0.4, 0.5) is 0 Å². The fraction of sp³-hybridized carbons (Fsp3) is 0.600. The van der Waals surface area contributed by atoms with E-state index in [2.05, 4.69) is 32.5 Å². The van der Waals surface area contributed by atoms with Crippen LogP contribution in [0.5, 0.6) is 5.75 Å². The Kier molecular flexibility index (Phi) is 6.44. The second-order valence-electron chi connectivity index (χ2n) is 9.64. The highest BCUT2D eigenvalue weighted by Gasteiger charge is 2.34. The second-order valence-corrected chi connectivity index (χ2v) is 9.64. The van der Waals surface area contributed by atoms with Gasteiger partial charge in [0.2, 0.25) is 0 Å². The Hall–Kier alpha value is -2.74. The summed E-state index contributed by atoms with van der Waals surface area (Å²) in [4.78, 5) is 18.8. The molecule has 0 amide bonds. The molecule has 5 rings (SSSR count). The number of H-pyrrole nitrogens is 1. The first-order valence-electron chi connectivity index (χ1n) is 12.4. The number of pyridine rings is 1. The molecule has 0 spiro atoms. The summed E-state index contributed by atoms with van der Waals surface area (Å²) in [5, 5.41) is 14.0. The SMILES string of the molecule is COc1ccc2[nH]c(=O)c([C@H](c3nnnn3C3CCCCC3)N(C)C3CCCCC3)cc2c1. The molecule has 1 aromatic carbocycles. The summed E-state index contributed by atoms with van der Waals surface area (Å²) in [5.41, 5.74) is 1.41. The van der Waals surface area contributed by atoms with E-state index in [9.17, 15) is 4.79 Å². The van der Waals surface area contributed by atoms with Gasteiger partial charge in [0.25, 0.3) is 5.56 Å². The second kappa shape index (κ2) is 9.63.